The summed E-state index contributed by atoms with van der Waals surface area (Å²) >= 11 is 0. The molecule has 2 rings (SSSR count). The molecule has 1 fully saturated rings. The molecule has 0 atom stereocenters. The van der Waals surface area contributed by atoms with Crippen molar-refractivity contribution >= 4 is 27.7 Å². The number of carbonyl (C=O) groups excluding carboxylic acids is 3. The van der Waals surface area contributed by atoms with Gasteiger partial charge in [-0.1, -0.05) is 6.07 Å². The molecule has 0 aromatic heterocycles. The first-order valence-electron chi connectivity index (χ1n) is 8.23. The molecule has 0 spiro atoms. The normalized spacial score (nSPS) is 14.9. The Bertz CT molecular complexity index is 801. The molecule has 1 heterocycles. The van der Waals surface area contributed by atoms with E-state index in [0.717, 1.165) is 12.8 Å². The second-order valence-electron chi connectivity index (χ2n) is 6.18. The highest BCUT2D eigenvalue weighted by molar-refractivity contribution is 7.89. The van der Waals surface area contributed by atoms with Crippen molar-refractivity contribution in [2.75, 3.05) is 13.1 Å². The van der Waals surface area contributed by atoms with Gasteiger partial charge < -0.3 is 5.32 Å². The molecule has 3 N–H and O–H groups in total. The Morgan fingerprint density at radius 1 is 1.04 bits per heavy atom. The smallest absolute Gasteiger partial charge is 0.327 e. The fourth-order valence-electron chi connectivity index (χ4n) is 2.45. The fourth-order valence-corrected chi connectivity index (χ4v) is 4.01. The minimum absolute atomic E-state index is 0.0101. The van der Waals surface area contributed by atoms with Gasteiger partial charge in [-0.15, -0.1) is 0 Å². The zero-order valence-electron chi connectivity index (χ0n) is 14.6. The van der Waals surface area contributed by atoms with Crippen molar-refractivity contribution in [2.45, 2.75) is 37.6 Å². The van der Waals surface area contributed by atoms with Crippen molar-refractivity contribution in [2.24, 2.45) is 0 Å². The Morgan fingerprint density at radius 3 is 2.31 bits per heavy atom. The van der Waals surface area contributed by atoms with Crippen LogP contribution >= 0.6 is 0 Å². The molecule has 26 heavy (non-hydrogen) atoms. The number of benzene rings is 1. The number of nitrogens with one attached hydrogen (secondary N) is 3. The monoisotopic (exact) mass is 382 g/mol. The van der Waals surface area contributed by atoms with E-state index >= 15 is 0 Å². The number of rotatable bonds is 4. The Labute approximate surface area is 152 Å². The average Bonchev–Trinajstić information content (AvgIpc) is 3.14. The number of carbonyl (C=O) groups is 3. The van der Waals surface area contributed by atoms with Crippen LogP contribution in [0.15, 0.2) is 29.2 Å². The molecular formula is C16H22N4O5S. The van der Waals surface area contributed by atoms with E-state index in [1.54, 1.807) is 13.8 Å². The van der Waals surface area contributed by atoms with Crippen molar-refractivity contribution < 1.29 is 22.8 Å². The van der Waals surface area contributed by atoms with Crippen molar-refractivity contribution in [3.05, 3.63) is 29.8 Å². The fraction of sp³-hybridized carbons (Fsp3) is 0.438. The summed E-state index contributed by atoms with van der Waals surface area (Å²) in [6.07, 6.45) is 1.62. The zero-order valence-corrected chi connectivity index (χ0v) is 15.4. The van der Waals surface area contributed by atoms with E-state index < -0.39 is 27.7 Å². The van der Waals surface area contributed by atoms with E-state index in [4.69, 9.17) is 0 Å². The van der Waals surface area contributed by atoms with Crippen LogP contribution in [0.3, 0.4) is 0 Å². The van der Waals surface area contributed by atoms with Gasteiger partial charge in [-0.2, -0.15) is 4.31 Å². The lowest BCUT2D eigenvalue weighted by atomic mass is 10.2. The van der Waals surface area contributed by atoms with Gasteiger partial charge in [0, 0.05) is 24.7 Å². The highest BCUT2D eigenvalue weighted by Crippen LogP contribution is 2.21. The van der Waals surface area contributed by atoms with Gasteiger partial charge in [0.25, 0.3) is 5.91 Å². The van der Waals surface area contributed by atoms with Gasteiger partial charge in [-0.25, -0.2) is 8.42 Å². The van der Waals surface area contributed by atoms with Crippen molar-refractivity contribution in [1.82, 2.24) is 20.5 Å². The van der Waals surface area contributed by atoms with Crippen LogP contribution in [0.2, 0.25) is 0 Å². The standard InChI is InChI=1S/C16H22N4O5S/c1-11(2)17-15(22)16(23)19-18-14(21)12-6-5-7-13(10-12)26(24,25)20-8-3-4-9-20/h5-7,10-11H,3-4,8-9H2,1-2H3,(H,17,22)(H,18,21)(H,19,23). The van der Waals surface area contributed by atoms with Crippen LogP contribution in [0.4, 0.5) is 0 Å². The summed E-state index contributed by atoms with van der Waals surface area (Å²) in [6, 6.07) is 5.29. The van der Waals surface area contributed by atoms with Gasteiger partial charge in [0.15, 0.2) is 0 Å². The van der Waals surface area contributed by atoms with Crippen LogP contribution in [0.25, 0.3) is 0 Å². The van der Waals surface area contributed by atoms with Gasteiger partial charge in [0.1, 0.15) is 0 Å². The number of hydrogen-bond acceptors (Lipinski definition) is 5. The van der Waals surface area contributed by atoms with E-state index in [1.165, 1.54) is 28.6 Å². The Balaban J connectivity index is 2.04. The van der Waals surface area contributed by atoms with Crippen LogP contribution in [-0.4, -0.2) is 49.6 Å². The van der Waals surface area contributed by atoms with Crippen LogP contribution in [-0.2, 0) is 19.6 Å². The lowest BCUT2D eigenvalue weighted by Crippen LogP contribution is -2.49. The SMILES string of the molecule is CC(C)NC(=O)C(=O)NNC(=O)c1cccc(S(=O)(=O)N2CCCC2)c1. The van der Waals surface area contributed by atoms with E-state index in [9.17, 15) is 22.8 Å². The molecule has 1 aromatic carbocycles. The van der Waals surface area contributed by atoms with Gasteiger partial charge in [0.05, 0.1) is 4.90 Å². The van der Waals surface area contributed by atoms with E-state index in [0.29, 0.717) is 13.1 Å². The molecule has 0 unspecified atom stereocenters. The van der Waals surface area contributed by atoms with Crippen LogP contribution < -0.4 is 16.2 Å². The highest BCUT2D eigenvalue weighted by atomic mass is 32.2. The van der Waals surface area contributed by atoms with Gasteiger partial charge in [-0.05, 0) is 44.9 Å². The average molecular weight is 382 g/mol. The van der Waals surface area contributed by atoms with Crippen molar-refractivity contribution in [3.63, 3.8) is 0 Å². The third kappa shape index (κ3) is 4.79. The zero-order chi connectivity index (χ0) is 19.3. The molecule has 0 aliphatic carbocycles. The quantitative estimate of drug-likeness (QED) is 0.489. The summed E-state index contributed by atoms with van der Waals surface area (Å²) in [5.74, 6) is -2.63. The number of hydrogen-bond donors (Lipinski definition) is 3. The largest absolute Gasteiger partial charge is 0.346 e. The second-order valence-corrected chi connectivity index (χ2v) is 8.11. The molecule has 1 saturated heterocycles. The lowest BCUT2D eigenvalue weighted by Gasteiger charge is -2.16. The minimum atomic E-state index is -3.65. The number of nitrogens with zero attached hydrogens (tertiary/aromatic N) is 1. The molecule has 10 heteroatoms. The molecule has 1 aliphatic rings. The molecule has 9 nitrogen and oxygen atoms in total. The van der Waals surface area contributed by atoms with Crippen LogP contribution in [0.5, 0.6) is 0 Å². The molecular weight excluding hydrogens is 360 g/mol. The Morgan fingerprint density at radius 2 is 1.69 bits per heavy atom. The van der Waals surface area contributed by atoms with Crippen molar-refractivity contribution in [3.8, 4) is 0 Å². The third-order valence-electron chi connectivity index (χ3n) is 3.71. The van der Waals surface area contributed by atoms with Crippen LogP contribution in [0.1, 0.15) is 37.0 Å². The molecule has 142 valence electrons. The number of amides is 3. The van der Waals surface area contributed by atoms with E-state index in [2.05, 4.69) is 10.7 Å². The molecule has 1 aromatic rings. The number of sulfonamides is 1. The summed E-state index contributed by atoms with van der Waals surface area (Å²) < 4.78 is 26.5. The maximum Gasteiger partial charge on any atom is 0.327 e. The molecule has 1 aliphatic heterocycles. The second kappa shape index (κ2) is 8.28. The van der Waals surface area contributed by atoms with E-state index in [-0.39, 0.29) is 16.5 Å². The van der Waals surface area contributed by atoms with Gasteiger partial charge in [0.2, 0.25) is 10.0 Å². The summed E-state index contributed by atoms with van der Waals surface area (Å²) in [5.41, 5.74) is 4.13. The summed E-state index contributed by atoms with van der Waals surface area (Å²) in [6.45, 7) is 4.30. The van der Waals surface area contributed by atoms with Crippen LogP contribution in [0, 0.1) is 0 Å². The third-order valence-corrected chi connectivity index (χ3v) is 5.61. The Kier molecular flexibility index (Phi) is 6.32. The lowest BCUT2D eigenvalue weighted by molar-refractivity contribution is -0.139. The highest BCUT2D eigenvalue weighted by Gasteiger charge is 2.27. The van der Waals surface area contributed by atoms with Gasteiger partial charge in [-0.3, -0.25) is 25.2 Å². The predicted octanol–water partition coefficient (Wildman–Crippen LogP) is -0.243. The number of hydrazine groups is 1. The van der Waals surface area contributed by atoms with E-state index in [1.807, 2.05) is 5.43 Å². The topological polar surface area (TPSA) is 125 Å². The summed E-state index contributed by atoms with van der Waals surface area (Å²) in [5, 5.41) is 2.38. The molecule has 0 bridgehead atoms. The first-order valence-corrected chi connectivity index (χ1v) is 9.67. The summed E-state index contributed by atoms with van der Waals surface area (Å²) in [7, 11) is -3.65. The first kappa shape index (κ1) is 19.9. The van der Waals surface area contributed by atoms with Gasteiger partial charge >= 0.3 is 11.8 Å². The molecule has 0 radical (unpaired) electrons. The minimum Gasteiger partial charge on any atom is -0.346 e. The predicted molar refractivity (Wildman–Crippen MR) is 93.3 cm³/mol. The molecule has 0 saturated carbocycles. The maximum absolute atomic E-state index is 12.5. The Hall–Kier alpha value is -2.46. The molecule has 3 amide bonds. The first-order chi connectivity index (χ1) is 12.2. The maximum atomic E-state index is 12.5. The van der Waals surface area contributed by atoms with Crippen molar-refractivity contribution in [1.29, 1.82) is 0 Å². The summed E-state index contributed by atoms with van der Waals surface area (Å²) in [4.78, 5) is 35.2.